The first-order valence-corrected chi connectivity index (χ1v) is 10.4. The fourth-order valence-corrected chi connectivity index (χ4v) is 7.62. The van der Waals surface area contributed by atoms with E-state index in [0.29, 0.717) is 24.4 Å². The van der Waals surface area contributed by atoms with Crippen LogP contribution in [0, 0.1) is 28.6 Å². The number of esters is 1. The maximum atomic E-state index is 13.0. The van der Waals surface area contributed by atoms with E-state index in [9.17, 15) is 4.79 Å². The van der Waals surface area contributed by atoms with Gasteiger partial charge in [-0.1, -0.05) is 13.3 Å². The number of furan rings is 1. The number of hydrogen-bond donors (Lipinski definition) is 0. The van der Waals surface area contributed by atoms with Crippen LogP contribution in [0.5, 0.6) is 0 Å². The molecule has 3 fully saturated rings. The number of ether oxygens (including phenoxy) is 3. The molecule has 7 atom stereocenters. The zero-order chi connectivity index (χ0) is 18.8. The average Bonchev–Trinajstić information content (AvgIpc) is 3.16. The van der Waals surface area contributed by atoms with Crippen LogP contribution in [0.15, 0.2) is 16.7 Å². The maximum absolute atomic E-state index is 13.0. The molecular formula is C22H30O5. The van der Waals surface area contributed by atoms with E-state index in [4.69, 9.17) is 18.6 Å². The number of methoxy groups -OCH3 is 2. The fourth-order valence-electron chi connectivity index (χ4n) is 7.62. The first-order chi connectivity index (χ1) is 13.1. The Kier molecular flexibility index (Phi) is 4.00. The van der Waals surface area contributed by atoms with Crippen molar-refractivity contribution >= 4 is 5.97 Å². The van der Waals surface area contributed by atoms with Crippen molar-refractivity contribution < 1.29 is 23.4 Å². The molecule has 1 unspecified atom stereocenters. The predicted molar refractivity (Wildman–Crippen MR) is 98.0 cm³/mol. The fraction of sp³-hybridized carbons (Fsp3) is 0.773. The second kappa shape index (κ2) is 6.08. The van der Waals surface area contributed by atoms with E-state index >= 15 is 0 Å². The number of hydrogen-bond acceptors (Lipinski definition) is 5. The summed E-state index contributed by atoms with van der Waals surface area (Å²) < 4.78 is 23.4. The molecule has 2 heterocycles. The molecule has 0 N–H and O–H groups in total. The second-order valence-electron chi connectivity index (χ2n) is 9.18. The lowest BCUT2D eigenvalue weighted by molar-refractivity contribution is -0.326. The molecule has 5 nitrogen and oxygen atoms in total. The third-order valence-corrected chi connectivity index (χ3v) is 8.60. The predicted octanol–water partition coefficient (Wildman–Crippen LogP) is 3.91. The van der Waals surface area contributed by atoms with Crippen LogP contribution in [0.1, 0.15) is 56.3 Å². The lowest BCUT2D eigenvalue weighted by Gasteiger charge is -2.66. The minimum atomic E-state index is -0.514. The zero-order valence-electron chi connectivity index (χ0n) is 16.5. The molecule has 1 aromatic rings. The van der Waals surface area contributed by atoms with Gasteiger partial charge in [-0.15, -0.1) is 0 Å². The van der Waals surface area contributed by atoms with E-state index < -0.39 is 5.41 Å². The summed E-state index contributed by atoms with van der Waals surface area (Å²) in [5.41, 5.74) is 0.715. The SMILES string of the molecule is COC(=O)[C@]12CCCC3([C@H](OC)OC1)[C@H]2CC[C@H]1[C@@H](C)c2ccoc2C[C@@H]13. The topological polar surface area (TPSA) is 57.9 Å². The van der Waals surface area contributed by atoms with Gasteiger partial charge in [0.15, 0.2) is 6.29 Å². The van der Waals surface area contributed by atoms with Crippen molar-refractivity contribution in [3.63, 3.8) is 0 Å². The third-order valence-electron chi connectivity index (χ3n) is 8.60. The van der Waals surface area contributed by atoms with E-state index in [2.05, 4.69) is 13.0 Å². The summed E-state index contributed by atoms with van der Waals surface area (Å²) in [6.07, 6.45) is 7.65. The van der Waals surface area contributed by atoms with Gasteiger partial charge in [-0.05, 0) is 61.0 Å². The molecule has 0 spiro atoms. The van der Waals surface area contributed by atoms with Crippen molar-refractivity contribution in [2.75, 3.05) is 20.8 Å². The van der Waals surface area contributed by atoms with Crippen LogP contribution >= 0.6 is 0 Å². The van der Waals surface area contributed by atoms with E-state index in [1.165, 1.54) is 12.7 Å². The highest BCUT2D eigenvalue weighted by molar-refractivity contribution is 5.78. The Hall–Kier alpha value is -1.33. The van der Waals surface area contributed by atoms with Crippen molar-refractivity contribution in [2.24, 2.45) is 28.6 Å². The quantitative estimate of drug-likeness (QED) is 0.735. The van der Waals surface area contributed by atoms with Gasteiger partial charge in [-0.25, -0.2) is 0 Å². The highest BCUT2D eigenvalue weighted by Gasteiger charge is 2.70. The van der Waals surface area contributed by atoms with Gasteiger partial charge >= 0.3 is 5.97 Å². The van der Waals surface area contributed by atoms with Gasteiger partial charge in [0.25, 0.3) is 0 Å². The van der Waals surface area contributed by atoms with Crippen molar-refractivity contribution in [3.05, 3.63) is 23.7 Å². The standard InChI is InChI=1S/C22H30O5/c1-13-14-5-6-18-21(19(23)24-2)8-4-9-22(18,20(25-3)27-12-21)16(14)11-17-15(13)7-10-26-17/h7,10,13-14,16,18,20H,4-6,8-9,11-12H2,1-3H3/t13-,14+,16+,18+,20-,21-,22?/m1/s1. The second-order valence-corrected chi connectivity index (χ2v) is 9.18. The molecule has 5 rings (SSSR count). The Morgan fingerprint density at radius 2 is 2.11 bits per heavy atom. The summed E-state index contributed by atoms with van der Waals surface area (Å²) in [6.45, 7) is 2.76. The molecule has 2 saturated carbocycles. The molecule has 0 aromatic carbocycles. The van der Waals surface area contributed by atoms with Crippen molar-refractivity contribution in [1.82, 2.24) is 0 Å². The van der Waals surface area contributed by atoms with Crippen LogP contribution in [-0.4, -0.2) is 33.1 Å². The van der Waals surface area contributed by atoms with E-state index in [-0.39, 0.29) is 23.6 Å². The van der Waals surface area contributed by atoms with Gasteiger partial charge in [0.1, 0.15) is 5.76 Å². The molecule has 148 valence electrons. The lowest BCUT2D eigenvalue weighted by Crippen LogP contribution is -2.68. The summed E-state index contributed by atoms with van der Waals surface area (Å²) in [6, 6.07) is 2.14. The van der Waals surface area contributed by atoms with Crippen molar-refractivity contribution in [2.45, 2.75) is 57.7 Å². The summed E-state index contributed by atoms with van der Waals surface area (Å²) in [5.74, 6) is 2.76. The van der Waals surface area contributed by atoms with Crippen LogP contribution in [0.4, 0.5) is 0 Å². The lowest BCUT2D eigenvalue weighted by atomic mass is 9.41. The minimum absolute atomic E-state index is 0.0906. The molecule has 1 aliphatic heterocycles. The molecule has 3 aliphatic carbocycles. The van der Waals surface area contributed by atoms with Gasteiger partial charge in [0, 0.05) is 18.9 Å². The van der Waals surface area contributed by atoms with E-state index in [0.717, 1.165) is 44.3 Å². The van der Waals surface area contributed by atoms with Crippen molar-refractivity contribution in [1.29, 1.82) is 0 Å². The number of carbonyl (C=O) groups is 1. The molecule has 0 amide bonds. The minimum Gasteiger partial charge on any atom is -0.469 e. The molecule has 2 bridgehead atoms. The summed E-state index contributed by atoms with van der Waals surface area (Å²) in [4.78, 5) is 13.0. The molecule has 27 heavy (non-hydrogen) atoms. The molecule has 1 aromatic heterocycles. The van der Waals surface area contributed by atoms with Crippen LogP contribution in [0.25, 0.3) is 0 Å². The summed E-state index contributed by atoms with van der Waals surface area (Å²) in [7, 11) is 3.27. The Labute approximate surface area is 160 Å². The average molecular weight is 374 g/mol. The monoisotopic (exact) mass is 374 g/mol. The highest BCUT2D eigenvalue weighted by atomic mass is 16.7. The Morgan fingerprint density at radius 3 is 2.89 bits per heavy atom. The first-order valence-electron chi connectivity index (χ1n) is 10.4. The molecule has 4 aliphatic rings. The zero-order valence-corrected chi connectivity index (χ0v) is 16.5. The molecule has 5 heteroatoms. The number of fused-ring (bicyclic) bond motifs is 2. The smallest absolute Gasteiger partial charge is 0.314 e. The van der Waals surface area contributed by atoms with Gasteiger partial charge in [-0.2, -0.15) is 0 Å². The van der Waals surface area contributed by atoms with Gasteiger partial charge in [0.2, 0.25) is 0 Å². The Morgan fingerprint density at radius 1 is 1.26 bits per heavy atom. The molecular weight excluding hydrogens is 344 g/mol. The number of carbonyl (C=O) groups excluding carboxylic acids is 1. The van der Waals surface area contributed by atoms with Crippen LogP contribution in [-0.2, 0) is 25.4 Å². The normalized spacial score (nSPS) is 45.4. The molecule has 0 radical (unpaired) electrons. The summed E-state index contributed by atoms with van der Waals surface area (Å²) in [5, 5.41) is 0. The van der Waals surface area contributed by atoms with Gasteiger partial charge in [-0.3, -0.25) is 4.79 Å². The third kappa shape index (κ3) is 2.10. The highest BCUT2D eigenvalue weighted by Crippen LogP contribution is 2.69. The van der Waals surface area contributed by atoms with Crippen LogP contribution < -0.4 is 0 Å². The van der Waals surface area contributed by atoms with E-state index in [1.54, 1.807) is 7.11 Å². The Bertz CT molecular complexity index is 741. The van der Waals surface area contributed by atoms with Crippen LogP contribution in [0.2, 0.25) is 0 Å². The first kappa shape index (κ1) is 17.7. The molecule has 1 saturated heterocycles. The summed E-state index contributed by atoms with van der Waals surface area (Å²) >= 11 is 0. The maximum Gasteiger partial charge on any atom is 0.314 e. The Balaban J connectivity index is 1.64. The van der Waals surface area contributed by atoms with Gasteiger partial charge < -0.3 is 18.6 Å². The largest absolute Gasteiger partial charge is 0.469 e. The number of rotatable bonds is 2. The van der Waals surface area contributed by atoms with Crippen molar-refractivity contribution in [3.8, 4) is 0 Å². The van der Waals surface area contributed by atoms with Gasteiger partial charge in [0.05, 0.1) is 25.4 Å². The van der Waals surface area contributed by atoms with Crippen LogP contribution in [0.3, 0.4) is 0 Å². The van der Waals surface area contributed by atoms with E-state index in [1.807, 2.05) is 6.26 Å².